The molecule has 3 N–H and O–H groups in total. The lowest BCUT2D eigenvalue weighted by atomic mass is 10.1. The summed E-state index contributed by atoms with van der Waals surface area (Å²) in [5.41, 5.74) is 11.6. The van der Waals surface area contributed by atoms with Crippen molar-refractivity contribution >= 4 is 27.8 Å². The molecule has 1 aromatic carbocycles. The van der Waals surface area contributed by atoms with Crippen LogP contribution in [0.1, 0.15) is 35.8 Å². The van der Waals surface area contributed by atoms with E-state index in [1.54, 1.807) is 0 Å². The molecule has 4 aromatic rings. The van der Waals surface area contributed by atoms with Crippen LogP contribution in [0.25, 0.3) is 33.5 Å². The SMILES string of the molecule is CCc1nccc2cc(-c3nc4cc(C(=O)N5CCC[C@@H](N)C5)ccc4n3C)[nH]c12. The molecule has 1 fully saturated rings. The Labute approximate surface area is 174 Å². The Kier molecular flexibility index (Phi) is 4.55. The number of nitrogens with one attached hydrogen (secondary N) is 1. The molecule has 30 heavy (non-hydrogen) atoms. The number of aryl methyl sites for hydroxylation is 2. The molecule has 0 saturated carbocycles. The molecule has 7 heteroatoms. The number of fused-ring (bicyclic) bond motifs is 2. The van der Waals surface area contributed by atoms with Crippen LogP contribution < -0.4 is 5.73 Å². The van der Waals surface area contributed by atoms with Crippen LogP contribution in [0, 0.1) is 0 Å². The number of pyridine rings is 1. The van der Waals surface area contributed by atoms with Gasteiger partial charge in [0.15, 0.2) is 5.82 Å². The van der Waals surface area contributed by atoms with E-state index in [0.29, 0.717) is 12.1 Å². The molecule has 0 unspecified atom stereocenters. The molecule has 1 aliphatic rings. The molecule has 3 aromatic heterocycles. The summed E-state index contributed by atoms with van der Waals surface area (Å²) in [4.78, 5) is 27.6. The van der Waals surface area contributed by atoms with Gasteiger partial charge in [-0.05, 0) is 49.6 Å². The third kappa shape index (κ3) is 3.06. The maximum atomic E-state index is 13.0. The third-order valence-electron chi connectivity index (χ3n) is 6.07. The summed E-state index contributed by atoms with van der Waals surface area (Å²) in [6, 6.07) is 9.95. The number of rotatable bonds is 3. The van der Waals surface area contributed by atoms with Gasteiger partial charge in [0.2, 0.25) is 0 Å². The number of nitrogens with zero attached hydrogens (tertiary/aromatic N) is 4. The zero-order chi connectivity index (χ0) is 20.8. The van der Waals surface area contributed by atoms with Gasteiger partial charge < -0.3 is 20.2 Å². The second-order valence-electron chi connectivity index (χ2n) is 8.11. The summed E-state index contributed by atoms with van der Waals surface area (Å²) in [5.74, 6) is 0.872. The predicted octanol–water partition coefficient (Wildman–Crippen LogP) is 3.24. The lowest BCUT2D eigenvalue weighted by Crippen LogP contribution is -2.45. The van der Waals surface area contributed by atoms with Crippen molar-refractivity contribution in [3.05, 3.63) is 47.8 Å². The van der Waals surface area contributed by atoms with E-state index in [-0.39, 0.29) is 11.9 Å². The summed E-state index contributed by atoms with van der Waals surface area (Å²) >= 11 is 0. The minimum atomic E-state index is 0.0310. The minimum Gasteiger partial charge on any atom is -0.350 e. The third-order valence-corrected chi connectivity index (χ3v) is 6.07. The van der Waals surface area contributed by atoms with Crippen molar-refractivity contribution in [3.8, 4) is 11.5 Å². The predicted molar refractivity (Wildman–Crippen MR) is 118 cm³/mol. The Hall–Kier alpha value is -3.19. The van der Waals surface area contributed by atoms with Crippen LogP contribution in [0.4, 0.5) is 0 Å². The largest absolute Gasteiger partial charge is 0.350 e. The highest BCUT2D eigenvalue weighted by Crippen LogP contribution is 2.28. The first-order valence-corrected chi connectivity index (χ1v) is 10.5. The van der Waals surface area contributed by atoms with Crippen LogP contribution in [0.2, 0.25) is 0 Å². The van der Waals surface area contributed by atoms with Gasteiger partial charge in [-0.15, -0.1) is 0 Å². The van der Waals surface area contributed by atoms with E-state index in [1.165, 1.54) is 0 Å². The monoisotopic (exact) mass is 402 g/mol. The van der Waals surface area contributed by atoms with Crippen molar-refractivity contribution in [1.82, 2.24) is 24.4 Å². The lowest BCUT2D eigenvalue weighted by molar-refractivity contribution is 0.0709. The number of benzene rings is 1. The number of aromatic nitrogens is 4. The Morgan fingerprint density at radius 2 is 2.17 bits per heavy atom. The molecule has 0 radical (unpaired) electrons. The van der Waals surface area contributed by atoms with Crippen LogP contribution in [-0.2, 0) is 13.5 Å². The number of H-pyrrole nitrogens is 1. The fourth-order valence-electron chi connectivity index (χ4n) is 4.45. The van der Waals surface area contributed by atoms with E-state index >= 15 is 0 Å². The fraction of sp³-hybridized carbons (Fsp3) is 0.348. The number of hydrogen-bond donors (Lipinski definition) is 2. The van der Waals surface area contributed by atoms with Crippen molar-refractivity contribution in [2.24, 2.45) is 12.8 Å². The van der Waals surface area contributed by atoms with Crippen molar-refractivity contribution in [2.75, 3.05) is 13.1 Å². The summed E-state index contributed by atoms with van der Waals surface area (Å²) < 4.78 is 2.06. The van der Waals surface area contributed by atoms with Crippen LogP contribution >= 0.6 is 0 Å². The van der Waals surface area contributed by atoms with E-state index in [0.717, 1.165) is 65.0 Å². The number of piperidine rings is 1. The molecule has 0 bridgehead atoms. The Balaban J connectivity index is 1.54. The first-order chi connectivity index (χ1) is 14.5. The number of carbonyl (C=O) groups is 1. The highest BCUT2D eigenvalue weighted by molar-refractivity contribution is 5.98. The Morgan fingerprint density at radius 1 is 1.30 bits per heavy atom. The molecule has 4 heterocycles. The number of likely N-dealkylation sites (tertiary alicyclic amines) is 1. The molecular weight excluding hydrogens is 376 g/mol. The first-order valence-electron chi connectivity index (χ1n) is 10.5. The van der Waals surface area contributed by atoms with E-state index in [4.69, 9.17) is 10.7 Å². The van der Waals surface area contributed by atoms with Gasteiger partial charge in [-0.1, -0.05) is 6.92 Å². The van der Waals surface area contributed by atoms with Crippen LogP contribution in [0.5, 0.6) is 0 Å². The van der Waals surface area contributed by atoms with Gasteiger partial charge in [0, 0.05) is 43.3 Å². The van der Waals surface area contributed by atoms with Gasteiger partial charge >= 0.3 is 0 Å². The van der Waals surface area contributed by atoms with Gasteiger partial charge in [-0.3, -0.25) is 9.78 Å². The molecule has 1 saturated heterocycles. The van der Waals surface area contributed by atoms with E-state index in [2.05, 4.69) is 27.5 Å². The highest BCUT2D eigenvalue weighted by atomic mass is 16.2. The Bertz CT molecular complexity index is 1250. The van der Waals surface area contributed by atoms with Gasteiger partial charge in [0.05, 0.1) is 27.9 Å². The zero-order valence-corrected chi connectivity index (χ0v) is 17.4. The van der Waals surface area contributed by atoms with Crippen LogP contribution in [0.15, 0.2) is 36.5 Å². The standard InChI is InChI=1S/C23H26N6O/c1-3-17-21-14(8-9-25-17)11-19(26-21)22-27-18-12-15(6-7-20(18)28(22)2)23(30)29-10-4-5-16(24)13-29/h6-9,11-12,16,26H,3-5,10,13,24H2,1-2H3/t16-/m1/s1. The normalized spacial score (nSPS) is 17.2. The average molecular weight is 403 g/mol. The van der Waals surface area contributed by atoms with Crippen LogP contribution in [0.3, 0.4) is 0 Å². The van der Waals surface area contributed by atoms with Crippen molar-refractivity contribution in [1.29, 1.82) is 0 Å². The summed E-state index contributed by atoms with van der Waals surface area (Å²) in [7, 11) is 2.00. The van der Waals surface area contributed by atoms with E-state index in [1.807, 2.05) is 42.4 Å². The van der Waals surface area contributed by atoms with E-state index < -0.39 is 0 Å². The summed E-state index contributed by atoms with van der Waals surface area (Å²) in [6.07, 6.45) is 4.65. The summed E-state index contributed by atoms with van der Waals surface area (Å²) in [6.45, 7) is 3.49. The van der Waals surface area contributed by atoms with Crippen LogP contribution in [-0.4, -0.2) is 49.5 Å². The second-order valence-corrected chi connectivity index (χ2v) is 8.11. The number of hydrogen-bond acceptors (Lipinski definition) is 4. The van der Waals surface area contributed by atoms with Crippen molar-refractivity contribution in [3.63, 3.8) is 0 Å². The van der Waals surface area contributed by atoms with E-state index in [9.17, 15) is 4.79 Å². The maximum absolute atomic E-state index is 13.0. The number of aromatic amines is 1. The second kappa shape index (κ2) is 7.25. The molecule has 0 spiro atoms. The molecule has 5 rings (SSSR count). The molecular formula is C23H26N6O. The van der Waals surface area contributed by atoms with Crippen molar-refractivity contribution < 1.29 is 4.79 Å². The Morgan fingerprint density at radius 3 is 2.97 bits per heavy atom. The first kappa shape index (κ1) is 18.8. The topological polar surface area (TPSA) is 92.8 Å². The maximum Gasteiger partial charge on any atom is 0.253 e. The molecule has 1 aliphatic heterocycles. The quantitative estimate of drug-likeness (QED) is 0.550. The smallest absolute Gasteiger partial charge is 0.253 e. The molecule has 1 amide bonds. The highest BCUT2D eigenvalue weighted by Gasteiger charge is 2.23. The van der Waals surface area contributed by atoms with Gasteiger partial charge in [-0.2, -0.15) is 0 Å². The van der Waals surface area contributed by atoms with Gasteiger partial charge in [0.25, 0.3) is 5.91 Å². The lowest BCUT2D eigenvalue weighted by Gasteiger charge is -2.30. The molecule has 1 atom stereocenters. The number of nitrogens with two attached hydrogens (primary N) is 1. The summed E-state index contributed by atoms with van der Waals surface area (Å²) in [5, 5.41) is 1.13. The number of carbonyl (C=O) groups excluding carboxylic acids is 1. The fourth-order valence-corrected chi connectivity index (χ4v) is 4.45. The van der Waals surface area contributed by atoms with Gasteiger partial charge in [0.1, 0.15) is 0 Å². The van der Waals surface area contributed by atoms with Gasteiger partial charge in [-0.25, -0.2) is 4.98 Å². The zero-order valence-electron chi connectivity index (χ0n) is 17.4. The minimum absolute atomic E-state index is 0.0310. The molecule has 154 valence electrons. The molecule has 0 aliphatic carbocycles. The van der Waals surface area contributed by atoms with Crippen molar-refractivity contribution in [2.45, 2.75) is 32.2 Å². The number of amides is 1. The molecule has 7 nitrogen and oxygen atoms in total. The average Bonchev–Trinajstić information content (AvgIpc) is 3.33. The number of imidazole rings is 1.